The first-order valence-electron chi connectivity index (χ1n) is 5.60. The van der Waals surface area contributed by atoms with Gasteiger partial charge in [-0.05, 0) is 5.54 Å². The van der Waals surface area contributed by atoms with Gasteiger partial charge in [0, 0.05) is 6.42 Å². The van der Waals surface area contributed by atoms with Gasteiger partial charge in [0.1, 0.15) is 6.17 Å². The SMILES string of the molecule is C=CCl.Nc1nc(=O)n(C2OC(CO)CC2F)cc1F. The van der Waals surface area contributed by atoms with Crippen molar-refractivity contribution in [2.75, 3.05) is 12.3 Å². The quantitative estimate of drug-likeness (QED) is 0.849. The van der Waals surface area contributed by atoms with Crippen LogP contribution in [0.25, 0.3) is 0 Å². The number of nitrogens with zero attached hydrogens (tertiary/aromatic N) is 2. The zero-order chi connectivity index (χ0) is 15.3. The Kier molecular flexibility index (Phi) is 6.05. The normalized spacial score (nSPS) is 24.9. The molecule has 1 aliphatic heterocycles. The molecule has 2 rings (SSSR count). The number of halogens is 3. The van der Waals surface area contributed by atoms with Crippen molar-refractivity contribution in [2.24, 2.45) is 0 Å². The molecule has 0 aromatic carbocycles. The molecule has 0 amide bonds. The molecular weight excluding hydrogens is 296 g/mol. The zero-order valence-electron chi connectivity index (χ0n) is 10.4. The molecule has 9 heteroatoms. The zero-order valence-corrected chi connectivity index (χ0v) is 11.1. The van der Waals surface area contributed by atoms with Crippen molar-refractivity contribution in [2.45, 2.75) is 24.9 Å². The Morgan fingerprint density at radius 2 is 2.35 bits per heavy atom. The van der Waals surface area contributed by atoms with Gasteiger partial charge in [-0.3, -0.25) is 4.57 Å². The minimum atomic E-state index is -1.50. The van der Waals surface area contributed by atoms with Gasteiger partial charge in [0.05, 0.1) is 18.9 Å². The Balaban J connectivity index is 0.000000612. The van der Waals surface area contributed by atoms with Crippen LogP contribution in [-0.4, -0.2) is 33.5 Å². The van der Waals surface area contributed by atoms with E-state index in [2.05, 4.69) is 11.6 Å². The number of alkyl halides is 1. The summed E-state index contributed by atoms with van der Waals surface area (Å²) in [7, 11) is 0. The van der Waals surface area contributed by atoms with E-state index in [-0.39, 0.29) is 13.0 Å². The maximum atomic E-state index is 13.5. The van der Waals surface area contributed by atoms with Crippen molar-refractivity contribution in [3.8, 4) is 0 Å². The molecule has 1 aliphatic rings. The third-order valence-electron chi connectivity index (χ3n) is 2.54. The molecule has 0 aliphatic carbocycles. The first-order chi connectivity index (χ1) is 9.44. The molecular formula is C11H14ClF2N3O3. The third-order valence-corrected chi connectivity index (χ3v) is 2.54. The van der Waals surface area contributed by atoms with E-state index in [1.165, 1.54) is 5.54 Å². The van der Waals surface area contributed by atoms with Crippen LogP contribution >= 0.6 is 11.6 Å². The predicted molar refractivity (Wildman–Crippen MR) is 69.4 cm³/mol. The summed E-state index contributed by atoms with van der Waals surface area (Å²) in [6.45, 7) is 2.76. The van der Waals surface area contributed by atoms with Crippen LogP contribution in [0, 0.1) is 5.82 Å². The molecule has 0 spiro atoms. The molecule has 1 aromatic heterocycles. The van der Waals surface area contributed by atoms with Crippen LogP contribution in [0.5, 0.6) is 0 Å². The number of aliphatic hydroxyl groups excluding tert-OH is 1. The molecule has 1 fully saturated rings. The Labute approximate surface area is 118 Å². The van der Waals surface area contributed by atoms with E-state index in [9.17, 15) is 13.6 Å². The molecule has 3 atom stereocenters. The van der Waals surface area contributed by atoms with E-state index in [0.29, 0.717) is 4.57 Å². The summed E-state index contributed by atoms with van der Waals surface area (Å²) < 4.78 is 32.5. The Hall–Kier alpha value is -1.51. The molecule has 20 heavy (non-hydrogen) atoms. The number of nitrogen functional groups attached to an aromatic ring is 1. The van der Waals surface area contributed by atoms with Gasteiger partial charge in [0.15, 0.2) is 17.9 Å². The van der Waals surface area contributed by atoms with Crippen molar-refractivity contribution in [1.82, 2.24) is 9.55 Å². The highest BCUT2D eigenvalue weighted by atomic mass is 35.5. The van der Waals surface area contributed by atoms with Crippen LogP contribution in [-0.2, 0) is 4.74 Å². The fourth-order valence-electron chi connectivity index (χ4n) is 1.70. The number of rotatable bonds is 2. The van der Waals surface area contributed by atoms with E-state index in [4.69, 9.17) is 27.2 Å². The number of aromatic nitrogens is 2. The average Bonchev–Trinajstić information content (AvgIpc) is 2.76. The number of aliphatic hydroxyl groups is 1. The van der Waals surface area contributed by atoms with Gasteiger partial charge in [-0.1, -0.05) is 18.2 Å². The van der Waals surface area contributed by atoms with Gasteiger partial charge in [-0.25, -0.2) is 13.6 Å². The maximum Gasteiger partial charge on any atom is 0.351 e. The standard InChI is InChI=1S/C9H11F2N3O3.C2H3Cl/c10-5-1-4(3-15)17-8(5)14-2-6(11)7(12)13-9(14)16;1-2-3/h2,4-5,8,15H,1,3H2,(H2,12,13,16);2H,1H2. The molecule has 1 saturated heterocycles. The average molecular weight is 310 g/mol. The summed E-state index contributed by atoms with van der Waals surface area (Å²) in [6.07, 6.45) is -2.79. The van der Waals surface area contributed by atoms with E-state index in [1.807, 2.05) is 0 Å². The summed E-state index contributed by atoms with van der Waals surface area (Å²) >= 11 is 4.76. The van der Waals surface area contributed by atoms with Gasteiger partial charge >= 0.3 is 5.69 Å². The number of hydrogen-bond acceptors (Lipinski definition) is 5. The molecule has 1 aromatic rings. The van der Waals surface area contributed by atoms with Gasteiger partial charge in [0.25, 0.3) is 0 Å². The van der Waals surface area contributed by atoms with Crippen LogP contribution < -0.4 is 11.4 Å². The van der Waals surface area contributed by atoms with Crippen LogP contribution in [0.15, 0.2) is 23.1 Å². The summed E-state index contributed by atoms with van der Waals surface area (Å²) in [5.41, 5.74) is 5.43. The number of nitrogens with two attached hydrogens (primary N) is 1. The molecule has 0 saturated carbocycles. The van der Waals surface area contributed by atoms with E-state index in [0.717, 1.165) is 6.20 Å². The molecule has 6 nitrogen and oxygen atoms in total. The molecule has 112 valence electrons. The molecule has 0 bridgehead atoms. The van der Waals surface area contributed by atoms with E-state index >= 15 is 0 Å². The van der Waals surface area contributed by atoms with Gasteiger partial charge in [-0.2, -0.15) is 4.98 Å². The van der Waals surface area contributed by atoms with Gasteiger partial charge < -0.3 is 15.6 Å². The van der Waals surface area contributed by atoms with Crippen LogP contribution in [0.3, 0.4) is 0 Å². The van der Waals surface area contributed by atoms with Crippen molar-refractivity contribution in [3.05, 3.63) is 34.6 Å². The summed E-state index contributed by atoms with van der Waals surface area (Å²) in [5, 5.41) is 8.83. The Bertz CT molecular complexity index is 526. The van der Waals surface area contributed by atoms with Gasteiger partial charge in [0.2, 0.25) is 0 Å². The second kappa shape index (κ2) is 7.32. The highest BCUT2D eigenvalue weighted by molar-refractivity contribution is 6.25. The Morgan fingerprint density at radius 1 is 1.75 bits per heavy atom. The number of anilines is 1. The fraction of sp³-hybridized carbons (Fsp3) is 0.455. The van der Waals surface area contributed by atoms with E-state index in [1.54, 1.807) is 0 Å². The van der Waals surface area contributed by atoms with E-state index < -0.39 is 35.8 Å². The summed E-state index contributed by atoms with van der Waals surface area (Å²) in [6, 6.07) is 0. The second-order valence-electron chi connectivity index (χ2n) is 3.90. The smallest absolute Gasteiger partial charge is 0.351 e. The first kappa shape index (κ1) is 16.5. The lowest BCUT2D eigenvalue weighted by atomic mass is 10.2. The lowest BCUT2D eigenvalue weighted by Gasteiger charge is -2.16. The maximum absolute atomic E-state index is 13.5. The molecule has 2 heterocycles. The van der Waals surface area contributed by atoms with Crippen molar-refractivity contribution < 1.29 is 18.6 Å². The highest BCUT2D eigenvalue weighted by Gasteiger charge is 2.37. The molecule has 3 unspecified atom stereocenters. The minimum Gasteiger partial charge on any atom is -0.394 e. The summed E-state index contributed by atoms with van der Waals surface area (Å²) in [5.74, 6) is -1.47. The van der Waals surface area contributed by atoms with Crippen LogP contribution in [0.4, 0.5) is 14.6 Å². The number of ether oxygens (including phenoxy) is 1. The number of hydrogen-bond donors (Lipinski definition) is 2. The third kappa shape index (κ3) is 3.75. The highest BCUT2D eigenvalue weighted by Crippen LogP contribution is 2.30. The van der Waals surface area contributed by atoms with Crippen LogP contribution in [0.1, 0.15) is 12.6 Å². The van der Waals surface area contributed by atoms with Crippen molar-refractivity contribution >= 4 is 17.4 Å². The summed E-state index contributed by atoms with van der Waals surface area (Å²) in [4.78, 5) is 14.6. The molecule has 0 radical (unpaired) electrons. The minimum absolute atomic E-state index is 0.0560. The second-order valence-corrected chi connectivity index (χ2v) is 4.21. The van der Waals surface area contributed by atoms with Crippen molar-refractivity contribution in [3.63, 3.8) is 0 Å². The largest absolute Gasteiger partial charge is 0.394 e. The molecule has 3 N–H and O–H groups in total. The topological polar surface area (TPSA) is 90.4 Å². The van der Waals surface area contributed by atoms with Crippen molar-refractivity contribution in [1.29, 1.82) is 0 Å². The Morgan fingerprint density at radius 3 is 2.85 bits per heavy atom. The van der Waals surface area contributed by atoms with Crippen LogP contribution in [0.2, 0.25) is 0 Å². The lowest BCUT2D eigenvalue weighted by molar-refractivity contribution is -0.0397. The first-order valence-corrected chi connectivity index (χ1v) is 6.03. The fourth-order valence-corrected chi connectivity index (χ4v) is 1.70. The monoisotopic (exact) mass is 309 g/mol. The lowest BCUT2D eigenvalue weighted by Crippen LogP contribution is -2.31. The predicted octanol–water partition coefficient (Wildman–Crippen LogP) is 0.951. The van der Waals surface area contributed by atoms with Gasteiger partial charge in [-0.15, -0.1) is 0 Å².